The van der Waals surface area contributed by atoms with Gasteiger partial charge in [-0.05, 0) is 88.3 Å². The van der Waals surface area contributed by atoms with Crippen LogP contribution < -0.4 is 5.32 Å². The number of likely N-dealkylation sites (tertiary alicyclic amines) is 1. The quantitative estimate of drug-likeness (QED) is 0.838. The number of piperidine rings is 1. The standard InChI is InChI=1S/C17H30N2.ClH/c1-2-13(1)11-18-17-5-7-19(8-6-17)12-16-10-14-3-4-15(16)9-14;/h13-18H,1-12H2;1H. The number of hydrogen-bond acceptors (Lipinski definition) is 2. The molecule has 1 saturated heterocycles. The van der Waals surface area contributed by atoms with Gasteiger partial charge < -0.3 is 10.2 Å². The second-order valence-corrected chi connectivity index (χ2v) is 7.86. The Morgan fingerprint density at radius 3 is 2.30 bits per heavy atom. The van der Waals surface area contributed by atoms with E-state index in [2.05, 4.69) is 10.2 Å². The van der Waals surface area contributed by atoms with Gasteiger partial charge in [-0.1, -0.05) is 6.42 Å². The molecule has 1 N–H and O–H groups in total. The first-order chi connectivity index (χ1) is 9.37. The van der Waals surface area contributed by atoms with Gasteiger partial charge in [0.1, 0.15) is 0 Å². The molecule has 3 saturated carbocycles. The van der Waals surface area contributed by atoms with Gasteiger partial charge in [0.25, 0.3) is 0 Å². The summed E-state index contributed by atoms with van der Waals surface area (Å²) in [4.78, 5) is 2.78. The van der Waals surface area contributed by atoms with Crippen molar-refractivity contribution >= 4 is 12.4 Å². The van der Waals surface area contributed by atoms with Crippen molar-refractivity contribution in [2.24, 2.45) is 23.7 Å². The van der Waals surface area contributed by atoms with Gasteiger partial charge in [-0.3, -0.25) is 0 Å². The molecular weight excluding hydrogens is 268 g/mol. The third kappa shape index (κ3) is 3.51. The molecule has 1 heterocycles. The number of fused-ring (bicyclic) bond motifs is 2. The first-order valence-electron chi connectivity index (χ1n) is 8.82. The summed E-state index contributed by atoms with van der Waals surface area (Å²) in [6.07, 6.45) is 12.0. The molecule has 1 aliphatic heterocycles. The second kappa shape index (κ2) is 6.54. The molecule has 116 valence electrons. The maximum absolute atomic E-state index is 3.80. The molecule has 0 aromatic heterocycles. The van der Waals surface area contributed by atoms with Gasteiger partial charge in [-0.2, -0.15) is 0 Å². The molecule has 20 heavy (non-hydrogen) atoms. The molecule has 0 amide bonds. The van der Waals surface area contributed by atoms with Crippen LogP contribution in [0.25, 0.3) is 0 Å². The Morgan fingerprint density at radius 1 is 0.900 bits per heavy atom. The summed E-state index contributed by atoms with van der Waals surface area (Å²) in [5, 5.41) is 3.80. The van der Waals surface area contributed by atoms with Crippen LogP contribution >= 0.6 is 12.4 Å². The lowest BCUT2D eigenvalue weighted by atomic mass is 9.88. The van der Waals surface area contributed by atoms with E-state index in [4.69, 9.17) is 0 Å². The van der Waals surface area contributed by atoms with E-state index < -0.39 is 0 Å². The molecule has 4 rings (SSSR count). The van der Waals surface area contributed by atoms with Crippen molar-refractivity contribution in [1.82, 2.24) is 10.2 Å². The van der Waals surface area contributed by atoms with Gasteiger partial charge in [0.15, 0.2) is 0 Å². The van der Waals surface area contributed by atoms with Crippen molar-refractivity contribution in [3.8, 4) is 0 Å². The lowest BCUT2D eigenvalue weighted by molar-refractivity contribution is 0.148. The first-order valence-corrected chi connectivity index (χ1v) is 8.82. The van der Waals surface area contributed by atoms with E-state index >= 15 is 0 Å². The van der Waals surface area contributed by atoms with Crippen LogP contribution in [0.15, 0.2) is 0 Å². The van der Waals surface area contributed by atoms with Crippen LogP contribution in [-0.2, 0) is 0 Å². The SMILES string of the molecule is C1CC1CNC1CCN(CC2CC3CCC2C3)CC1.Cl. The maximum atomic E-state index is 3.80. The molecule has 3 aliphatic carbocycles. The monoisotopic (exact) mass is 298 g/mol. The zero-order chi connectivity index (χ0) is 12.7. The zero-order valence-corrected chi connectivity index (χ0v) is 13.5. The summed E-state index contributed by atoms with van der Waals surface area (Å²) < 4.78 is 0. The summed E-state index contributed by atoms with van der Waals surface area (Å²) in [5.74, 6) is 4.32. The van der Waals surface area contributed by atoms with Gasteiger partial charge in [0.05, 0.1) is 0 Å². The maximum Gasteiger partial charge on any atom is 0.00915 e. The Hall–Kier alpha value is 0.210. The summed E-state index contributed by atoms with van der Waals surface area (Å²) in [6.45, 7) is 5.44. The largest absolute Gasteiger partial charge is 0.314 e. The molecule has 4 aliphatic rings. The Bertz CT molecular complexity index is 310. The normalized spacial score (nSPS) is 38.1. The number of nitrogens with zero attached hydrogens (tertiary/aromatic N) is 1. The predicted molar refractivity (Wildman–Crippen MR) is 86.4 cm³/mol. The molecule has 0 spiro atoms. The van der Waals surface area contributed by atoms with E-state index in [0.717, 1.165) is 29.7 Å². The number of halogens is 1. The topological polar surface area (TPSA) is 15.3 Å². The molecular formula is C17H31ClN2. The molecule has 2 bridgehead atoms. The third-order valence-electron chi connectivity index (χ3n) is 6.36. The van der Waals surface area contributed by atoms with Crippen LogP contribution in [-0.4, -0.2) is 37.1 Å². The Balaban J connectivity index is 0.00000121. The highest BCUT2D eigenvalue weighted by molar-refractivity contribution is 5.85. The predicted octanol–water partition coefficient (Wildman–Crippen LogP) is 3.31. The van der Waals surface area contributed by atoms with Gasteiger partial charge >= 0.3 is 0 Å². The molecule has 3 unspecified atom stereocenters. The molecule has 3 atom stereocenters. The zero-order valence-electron chi connectivity index (χ0n) is 12.7. The molecule has 3 heteroatoms. The van der Waals surface area contributed by atoms with Crippen LogP contribution in [0.2, 0.25) is 0 Å². The fourth-order valence-corrected chi connectivity index (χ4v) is 4.91. The lowest BCUT2D eigenvalue weighted by Crippen LogP contribution is -2.44. The minimum absolute atomic E-state index is 0. The Kier molecular flexibility index (Phi) is 4.94. The van der Waals surface area contributed by atoms with E-state index in [-0.39, 0.29) is 12.4 Å². The number of nitrogens with one attached hydrogen (secondary N) is 1. The minimum Gasteiger partial charge on any atom is -0.314 e. The first kappa shape index (κ1) is 15.1. The average molecular weight is 299 g/mol. The van der Waals surface area contributed by atoms with Crippen molar-refractivity contribution in [3.05, 3.63) is 0 Å². The van der Waals surface area contributed by atoms with Crippen LogP contribution in [0, 0.1) is 23.7 Å². The van der Waals surface area contributed by atoms with E-state index in [0.29, 0.717) is 0 Å². The van der Waals surface area contributed by atoms with Crippen LogP contribution in [0.3, 0.4) is 0 Å². The fourth-order valence-electron chi connectivity index (χ4n) is 4.91. The van der Waals surface area contributed by atoms with E-state index in [1.54, 1.807) is 25.7 Å². The second-order valence-electron chi connectivity index (χ2n) is 7.86. The van der Waals surface area contributed by atoms with E-state index in [9.17, 15) is 0 Å². The van der Waals surface area contributed by atoms with Crippen LogP contribution in [0.4, 0.5) is 0 Å². The summed E-state index contributed by atoms with van der Waals surface area (Å²) in [5.41, 5.74) is 0. The molecule has 0 aromatic rings. The van der Waals surface area contributed by atoms with Gasteiger partial charge in [0.2, 0.25) is 0 Å². The number of rotatable bonds is 5. The number of hydrogen-bond donors (Lipinski definition) is 1. The molecule has 0 radical (unpaired) electrons. The van der Waals surface area contributed by atoms with Crippen molar-refractivity contribution in [1.29, 1.82) is 0 Å². The lowest BCUT2D eigenvalue weighted by Gasteiger charge is -2.35. The minimum atomic E-state index is 0. The average Bonchev–Trinajstić information content (AvgIpc) is 3.04. The van der Waals surface area contributed by atoms with Crippen molar-refractivity contribution in [2.45, 2.75) is 57.4 Å². The highest BCUT2D eigenvalue weighted by Gasteiger charge is 2.40. The van der Waals surface area contributed by atoms with E-state index in [1.807, 2.05) is 0 Å². The Labute approximate surface area is 130 Å². The van der Waals surface area contributed by atoms with Crippen molar-refractivity contribution < 1.29 is 0 Å². The van der Waals surface area contributed by atoms with E-state index in [1.165, 1.54) is 51.9 Å². The summed E-state index contributed by atoms with van der Waals surface area (Å²) in [6, 6.07) is 0.830. The van der Waals surface area contributed by atoms with Gasteiger partial charge in [-0.25, -0.2) is 0 Å². The summed E-state index contributed by atoms with van der Waals surface area (Å²) in [7, 11) is 0. The van der Waals surface area contributed by atoms with Crippen molar-refractivity contribution in [2.75, 3.05) is 26.2 Å². The van der Waals surface area contributed by atoms with Gasteiger partial charge in [-0.15, -0.1) is 12.4 Å². The highest BCUT2D eigenvalue weighted by atomic mass is 35.5. The fraction of sp³-hybridized carbons (Fsp3) is 1.00. The van der Waals surface area contributed by atoms with Crippen LogP contribution in [0.1, 0.15) is 51.4 Å². The van der Waals surface area contributed by atoms with Crippen LogP contribution in [0.5, 0.6) is 0 Å². The van der Waals surface area contributed by atoms with Gasteiger partial charge in [0, 0.05) is 12.6 Å². The Morgan fingerprint density at radius 2 is 1.70 bits per heavy atom. The highest BCUT2D eigenvalue weighted by Crippen LogP contribution is 2.48. The molecule has 4 fully saturated rings. The smallest absolute Gasteiger partial charge is 0.00915 e. The summed E-state index contributed by atoms with van der Waals surface area (Å²) >= 11 is 0. The third-order valence-corrected chi connectivity index (χ3v) is 6.36. The van der Waals surface area contributed by atoms with Crippen molar-refractivity contribution in [3.63, 3.8) is 0 Å². The molecule has 0 aromatic carbocycles. The molecule has 2 nitrogen and oxygen atoms in total.